The molecule has 0 atom stereocenters. The molecule has 1 N–H and O–H groups in total. The van der Waals surface area contributed by atoms with E-state index in [-0.39, 0.29) is 29.6 Å². The van der Waals surface area contributed by atoms with E-state index in [0.29, 0.717) is 42.3 Å². The molecule has 1 aliphatic heterocycles. The van der Waals surface area contributed by atoms with Crippen LogP contribution in [0.15, 0.2) is 4.34 Å². The number of thioether (sulfide) groups is 1. The Balaban J connectivity index is 1.39. The number of amides is 3. The minimum atomic E-state index is -0.329. The van der Waals surface area contributed by atoms with E-state index in [9.17, 15) is 14.4 Å². The van der Waals surface area contributed by atoms with Crippen molar-refractivity contribution in [3.05, 3.63) is 0 Å². The van der Waals surface area contributed by atoms with Crippen LogP contribution in [-0.2, 0) is 14.3 Å². The first kappa shape index (κ1) is 19.9. The zero-order valence-electron chi connectivity index (χ0n) is 15.2. The first-order chi connectivity index (χ1) is 13.1. The smallest absolute Gasteiger partial charge is 0.409 e. The molecule has 2 heterocycles. The van der Waals surface area contributed by atoms with E-state index in [1.165, 1.54) is 23.1 Å². The number of nitrogens with zero attached hydrogens (tertiary/aromatic N) is 4. The molecule has 2 aliphatic rings. The summed E-state index contributed by atoms with van der Waals surface area (Å²) in [5, 5.41) is 11.3. The largest absolute Gasteiger partial charge is 0.450 e. The molecule has 11 heteroatoms. The van der Waals surface area contributed by atoms with E-state index < -0.39 is 0 Å². The summed E-state index contributed by atoms with van der Waals surface area (Å²) >= 11 is 2.59. The second kappa shape index (κ2) is 9.36. The van der Waals surface area contributed by atoms with Crippen LogP contribution in [-0.4, -0.2) is 76.4 Å². The zero-order chi connectivity index (χ0) is 19.2. The van der Waals surface area contributed by atoms with Crippen molar-refractivity contribution in [2.75, 3.05) is 43.9 Å². The van der Waals surface area contributed by atoms with Crippen LogP contribution in [0.1, 0.15) is 26.2 Å². The van der Waals surface area contributed by atoms with Crippen LogP contribution in [0.25, 0.3) is 0 Å². The third-order valence-electron chi connectivity index (χ3n) is 4.59. The SMILES string of the molecule is CCOC(=O)N1CCN(C(=O)CSc2nnc(NC(=O)C3CCC3)s2)CC1. The number of piperazine rings is 1. The molecule has 1 saturated heterocycles. The summed E-state index contributed by atoms with van der Waals surface area (Å²) in [5.41, 5.74) is 0. The van der Waals surface area contributed by atoms with Crippen LogP contribution in [0.3, 0.4) is 0 Å². The topological polar surface area (TPSA) is 105 Å². The van der Waals surface area contributed by atoms with Crippen LogP contribution >= 0.6 is 23.1 Å². The van der Waals surface area contributed by atoms with Gasteiger partial charge in [0.25, 0.3) is 0 Å². The summed E-state index contributed by atoms with van der Waals surface area (Å²) in [6.45, 7) is 4.07. The van der Waals surface area contributed by atoms with E-state index in [1.54, 1.807) is 16.7 Å². The number of nitrogens with one attached hydrogen (secondary N) is 1. The molecule has 0 unspecified atom stereocenters. The Morgan fingerprint density at radius 3 is 2.52 bits per heavy atom. The number of hydrogen-bond acceptors (Lipinski definition) is 8. The van der Waals surface area contributed by atoms with E-state index >= 15 is 0 Å². The summed E-state index contributed by atoms with van der Waals surface area (Å²) in [5.74, 6) is 0.355. The molecule has 1 aromatic rings. The zero-order valence-corrected chi connectivity index (χ0v) is 16.8. The summed E-state index contributed by atoms with van der Waals surface area (Å²) < 4.78 is 5.62. The van der Waals surface area contributed by atoms with Gasteiger partial charge in [0, 0.05) is 32.1 Å². The Bertz CT molecular complexity index is 686. The molecule has 27 heavy (non-hydrogen) atoms. The average Bonchev–Trinajstić information content (AvgIpc) is 3.05. The highest BCUT2D eigenvalue weighted by Crippen LogP contribution is 2.30. The van der Waals surface area contributed by atoms with Crippen LogP contribution in [0, 0.1) is 5.92 Å². The highest BCUT2D eigenvalue weighted by Gasteiger charge is 2.27. The fourth-order valence-electron chi connectivity index (χ4n) is 2.76. The number of carbonyl (C=O) groups is 3. The van der Waals surface area contributed by atoms with Crippen molar-refractivity contribution in [3.63, 3.8) is 0 Å². The van der Waals surface area contributed by atoms with Gasteiger partial charge in [-0.2, -0.15) is 0 Å². The molecule has 3 rings (SSSR count). The van der Waals surface area contributed by atoms with Crippen LogP contribution in [0.2, 0.25) is 0 Å². The fraction of sp³-hybridized carbons (Fsp3) is 0.688. The van der Waals surface area contributed by atoms with Gasteiger partial charge in [0.15, 0.2) is 4.34 Å². The van der Waals surface area contributed by atoms with E-state index in [4.69, 9.17) is 4.74 Å². The average molecular weight is 414 g/mol. The first-order valence-electron chi connectivity index (χ1n) is 9.03. The lowest BCUT2D eigenvalue weighted by Crippen LogP contribution is -2.51. The monoisotopic (exact) mass is 413 g/mol. The summed E-state index contributed by atoms with van der Waals surface area (Å²) in [4.78, 5) is 39.3. The molecule has 1 aliphatic carbocycles. The summed E-state index contributed by atoms with van der Waals surface area (Å²) in [7, 11) is 0. The third-order valence-corrected chi connectivity index (χ3v) is 6.55. The van der Waals surface area contributed by atoms with Gasteiger partial charge >= 0.3 is 6.09 Å². The van der Waals surface area contributed by atoms with Gasteiger partial charge in [-0.1, -0.05) is 29.5 Å². The highest BCUT2D eigenvalue weighted by atomic mass is 32.2. The number of ether oxygens (including phenoxy) is 1. The van der Waals surface area contributed by atoms with Gasteiger partial charge in [-0.3, -0.25) is 9.59 Å². The molecular formula is C16H23N5O4S2. The molecule has 3 amide bonds. The van der Waals surface area contributed by atoms with Crippen molar-refractivity contribution < 1.29 is 19.1 Å². The molecule has 2 fully saturated rings. The Morgan fingerprint density at radius 1 is 1.19 bits per heavy atom. The van der Waals surface area contributed by atoms with Gasteiger partial charge in [0.05, 0.1) is 12.4 Å². The lowest BCUT2D eigenvalue weighted by molar-refractivity contribution is -0.130. The van der Waals surface area contributed by atoms with E-state index in [1.807, 2.05) is 0 Å². The van der Waals surface area contributed by atoms with Gasteiger partial charge in [-0.05, 0) is 19.8 Å². The highest BCUT2D eigenvalue weighted by molar-refractivity contribution is 8.01. The summed E-state index contributed by atoms with van der Waals surface area (Å²) in [6.07, 6.45) is 2.64. The number of carbonyl (C=O) groups excluding carboxylic acids is 3. The minimum absolute atomic E-state index is 0.00115. The van der Waals surface area contributed by atoms with Gasteiger partial charge in [-0.25, -0.2) is 4.79 Å². The van der Waals surface area contributed by atoms with Gasteiger partial charge in [0.1, 0.15) is 0 Å². The van der Waals surface area contributed by atoms with Crippen molar-refractivity contribution in [2.24, 2.45) is 5.92 Å². The molecule has 9 nitrogen and oxygen atoms in total. The minimum Gasteiger partial charge on any atom is -0.450 e. The van der Waals surface area contributed by atoms with Crippen molar-refractivity contribution in [2.45, 2.75) is 30.5 Å². The Kier molecular flexibility index (Phi) is 6.89. The second-order valence-electron chi connectivity index (χ2n) is 6.35. The number of rotatable bonds is 6. The van der Waals surface area contributed by atoms with E-state index in [0.717, 1.165) is 19.3 Å². The first-order valence-corrected chi connectivity index (χ1v) is 10.8. The lowest BCUT2D eigenvalue weighted by Gasteiger charge is -2.33. The maximum Gasteiger partial charge on any atom is 0.409 e. The van der Waals surface area contributed by atoms with Crippen molar-refractivity contribution in [3.8, 4) is 0 Å². The number of hydrogen-bond donors (Lipinski definition) is 1. The Morgan fingerprint density at radius 2 is 1.89 bits per heavy atom. The maximum absolute atomic E-state index is 12.4. The molecule has 148 valence electrons. The molecule has 0 radical (unpaired) electrons. The maximum atomic E-state index is 12.4. The molecule has 1 aromatic heterocycles. The lowest BCUT2D eigenvalue weighted by atomic mass is 9.85. The van der Waals surface area contributed by atoms with Crippen LogP contribution in [0.4, 0.5) is 9.93 Å². The van der Waals surface area contributed by atoms with Gasteiger partial charge < -0.3 is 19.9 Å². The van der Waals surface area contributed by atoms with Crippen LogP contribution in [0.5, 0.6) is 0 Å². The van der Waals surface area contributed by atoms with E-state index in [2.05, 4.69) is 15.5 Å². The molecule has 0 aromatic carbocycles. The fourth-order valence-corrected chi connectivity index (χ4v) is 4.42. The normalized spacial score (nSPS) is 17.4. The predicted octanol–water partition coefficient (Wildman–Crippen LogP) is 1.67. The molecule has 0 spiro atoms. The molecule has 1 saturated carbocycles. The quantitative estimate of drug-likeness (QED) is 0.559. The predicted molar refractivity (Wildman–Crippen MR) is 102 cm³/mol. The van der Waals surface area contributed by atoms with Crippen molar-refractivity contribution >= 4 is 46.1 Å². The standard InChI is InChI=1S/C16H23N5O4S2/c1-2-25-16(24)21-8-6-20(7-9-21)12(22)10-26-15-19-18-14(27-15)17-13(23)11-4-3-5-11/h11H,2-10H2,1H3,(H,17,18,23). The number of anilines is 1. The number of aromatic nitrogens is 2. The van der Waals surface area contributed by atoms with Gasteiger partial charge in [-0.15, -0.1) is 10.2 Å². The Hall–Kier alpha value is -1.88. The molecular weight excluding hydrogens is 390 g/mol. The molecule has 0 bridgehead atoms. The second-order valence-corrected chi connectivity index (χ2v) is 8.55. The summed E-state index contributed by atoms with van der Waals surface area (Å²) in [6, 6.07) is 0. The van der Waals surface area contributed by atoms with Crippen molar-refractivity contribution in [1.82, 2.24) is 20.0 Å². The Labute approximate surface area is 165 Å². The van der Waals surface area contributed by atoms with Crippen LogP contribution < -0.4 is 5.32 Å². The van der Waals surface area contributed by atoms with Crippen molar-refractivity contribution in [1.29, 1.82) is 0 Å². The third kappa shape index (κ3) is 5.32. The van der Waals surface area contributed by atoms with Gasteiger partial charge in [0.2, 0.25) is 16.9 Å².